The van der Waals surface area contributed by atoms with Crippen molar-refractivity contribution < 1.29 is 9.84 Å². The standard InChI is InChI=1S/C15H15ClO2/c1-11-2-7-14(16)8-15(11)18-10-13-5-3-12(9-17)4-6-13/h2-8,17H,9-10H2,1H3. The van der Waals surface area contributed by atoms with Gasteiger partial charge in [-0.25, -0.2) is 0 Å². The first-order valence-electron chi connectivity index (χ1n) is 5.76. The van der Waals surface area contributed by atoms with Gasteiger partial charge in [0.15, 0.2) is 0 Å². The maximum absolute atomic E-state index is 8.96. The fourth-order valence-electron chi connectivity index (χ4n) is 1.63. The van der Waals surface area contributed by atoms with Crippen LogP contribution in [0.1, 0.15) is 16.7 Å². The molecule has 0 radical (unpaired) electrons. The van der Waals surface area contributed by atoms with Crippen LogP contribution in [0.25, 0.3) is 0 Å². The molecule has 2 rings (SSSR count). The highest BCUT2D eigenvalue weighted by molar-refractivity contribution is 6.30. The summed E-state index contributed by atoms with van der Waals surface area (Å²) < 4.78 is 5.73. The molecule has 18 heavy (non-hydrogen) atoms. The highest BCUT2D eigenvalue weighted by Crippen LogP contribution is 2.23. The average Bonchev–Trinajstić information content (AvgIpc) is 2.40. The second-order valence-corrected chi connectivity index (χ2v) is 4.61. The van der Waals surface area contributed by atoms with Crippen LogP contribution in [0, 0.1) is 6.92 Å². The maximum atomic E-state index is 8.96. The molecular formula is C15H15ClO2. The third-order valence-corrected chi connectivity index (χ3v) is 2.99. The Balaban J connectivity index is 2.04. The first-order valence-corrected chi connectivity index (χ1v) is 6.14. The largest absolute Gasteiger partial charge is 0.489 e. The van der Waals surface area contributed by atoms with Crippen molar-refractivity contribution in [3.63, 3.8) is 0 Å². The zero-order chi connectivity index (χ0) is 13.0. The molecule has 0 unspecified atom stereocenters. The number of aliphatic hydroxyl groups excluding tert-OH is 1. The Morgan fingerprint density at radius 2 is 1.72 bits per heavy atom. The number of ether oxygens (including phenoxy) is 1. The van der Waals surface area contributed by atoms with E-state index in [9.17, 15) is 0 Å². The van der Waals surface area contributed by atoms with Crippen LogP contribution in [0.15, 0.2) is 42.5 Å². The number of hydrogen-bond donors (Lipinski definition) is 1. The Hall–Kier alpha value is -1.51. The summed E-state index contributed by atoms with van der Waals surface area (Å²) >= 11 is 5.93. The fourth-order valence-corrected chi connectivity index (χ4v) is 1.79. The molecule has 3 heteroatoms. The van der Waals surface area contributed by atoms with Gasteiger partial charge in [-0.3, -0.25) is 0 Å². The van der Waals surface area contributed by atoms with Crippen LogP contribution in [-0.4, -0.2) is 5.11 Å². The third-order valence-electron chi connectivity index (χ3n) is 2.75. The van der Waals surface area contributed by atoms with E-state index >= 15 is 0 Å². The number of benzene rings is 2. The summed E-state index contributed by atoms with van der Waals surface area (Å²) in [6, 6.07) is 13.3. The number of halogens is 1. The molecule has 0 aliphatic rings. The lowest BCUT2D eigenvalue weighted by Crippen LogP contribution is -1.97. The molecule has 0 spiro atoms. The lowest BCUT2D eigenvalue weighted by molar-refractivity contribution is 0.281. The molecule has 0 aliphatic heterocycles. The van der Waals surface area contributed by atoms with Gasteiger partial charge in [-0.2, -0.15) is 0 Å². The van der Waals surface area contributed by atoms with Crippen molar-refractivity contribution in [3.05, 3.63) is 64.2 Å². The van der Waals surface area contributed by atoms with Gasteiger partial charge in [0.25, 0.3) is 0 Å². The van der Waals surface area contributed by atoms with E-state index in [-0.39, 0.29) is 6.61 Å². The van der Waals surface area contributed by atoms with E-state index in [0.29, 0.717) is 11.6 Å². The average molecular weight is 263 g/mol. The van der Waals surface area contributed by atoms with Gasteiger partial charge >= 0.3 is 0 Å². The lowest BCUT2D eigenvalue weighted by Gasteiger charge is -2.09. The Morgan fingerprint density at radius 1 is 1.06 bits per heavy atom. The van der Waals surface area contributed by atoms with Crippen LogP contribution in [0.5, 0.6) is 5.75 Å². The summed E-state index contributed by atoms with van der Waals surface area (Å²) in [6.07, 6.45) is 0. The molecule has 2 aromatic rings. The molecule has 0 aliphatic carbocycles. The van der Waals surface area contributed by atoms with E-state index in [1.165, 1.54) is 0 Å². The minimum Gasteiger partial charge on any atom is -0.489 e. The SMILES string of the molecule is Cc1ccc(Cl)cc1OCc1ccc(CO)cc1. The first kappa shape index (κ1) is 12.9. The van der Waals surface area contributed by atoms with Gasteiger partial charge in [0, 0.05) is 5.02 Å². The zero-order valence-corrected chi connectivity index (χ0v) is 10.9. The van der Waals surface area contributed by atoms with Crippen molar-refractivity contribution in [2.45, 2.75) is 20.1 Å². The van der Waals surface area contributed by atoms with Gasteiger partial charge in [-0.1, -0.05) is 41.9 Å². The summed E-state index contributed by atoms with van der Waals surface area (Å²) in [6.45, 7) is 2.54. The molecule has 0 aromatic heterocycles. The van der Waals surface area contributed by atoms with Crippen molar-refractivity contribution in [2.75, 3.05) is 0 Å². The molecule has 0 atom stereocenters. The van der Waals surface area contributed by atoms with E-state index in [1.54, 1.807) is 0 Å². The fraction of sp³-hybridized carbons (Fsp3) is 0.200. The second kappa shape index (κ2) is 5.89. The van der Waals surface area contributed by atoms with Gasteiger partial charge in [-0.15, -0.1) is 0 Å². The smallest absolute Gasteiger partial charge is 0.124 e. The van der Waals surface area contributed by atoms with Gasteiger partial charge in [0.2, 0.25) is 0 Å². The van der Waals surface area contributed by atoms with Crippen LogP contribution < -0.4 is 4.74 Å². The number of aliphatic hydroxyl groups is 1. The summed E-state index contributed by atoms with van der Waals surface area (Å²) in [4.78, 5) is 0. The molecular weight excluding hydrogens is 248 g/mol. The first-order chi connectivity index (χ1) is 8.69. The number of hydrogen-bond acceptors (Lipinski definition) is 2. The minimum absolute atomic E-state index is 0.0640. The van der Waals surface area contributed by atoms with Crippen molar-refractivity contribution in [3.8, 4) is 5.75 Å². The Bertz CT molecular complexity index is 521. The van der Waals surface area contributed by atoms with E-state index in [0.717, 1.165) is 22.4 Å². The summed E-state index contributed by atoms with van der Waals surface area (Å²) in [7, 11) is 0. The highest BCUT2D eigenvalue weighted by Gasteiger charge is 2.01. The van der Waals surface area contributed by atoms with Crippen LogP contribution in [-0.2, 0) is 13.2 Å². The van der Waals surface area contributed by atoms with Gasteiger partial charge in [-0.05, 0) is 35.7 Å². The molecule has 0 saturated carbocycles. The minimum atomic E-state index is 0.0640. The van der Waals surface area contributed by atoms with Crippen LogP contribution >= 0.6 is 11.6 Å². The Kier molecular flexibility index (Phi) is 4.24. The molecule has 2 aromatic carbocycles. The molecule has 0 fully saturated rings. The normalized spacial score (nSPS) is 10.4. The predicted octanol–water partition coefficient (Wildman–Crippen LogP) is 3.72. The van der Waals surface area contributed by atoms with E-state index < -0.39 is 0 Å². The Morgan fingerprint density at radius 3 is 2.39 bits per heavy atom. The van der Waals surface area contributed by atoms with E-state index in [2.05, 4.69) is 0 Å². The monoisotopic (exact) mass is 262 g/mol. The van der Waals surface area contributed by atoms with Crippen LogP contribution in [0.3, 0.4) is 0 Å². The Labute approximate surface area is 112 Å². The number of aryl methyl sites for hydroxylation is 1. The van der Waals surface area contributed by atoms with Crippen molar-refractivity contribution in [2.24, 2.45) is 0 Å². The molecule has 0 amide bonds. The van der Waals surface area contributed by atoms with Crippen molar-refractivity contribution >= 4 is 11.6 Å². The molecule has 94 valence electrons. The van der Waals surface area contributed by atoms with Gasteiger partial charge in [0.05, 0.1) is 6.61 Å². The maximum Gasteiger partial charge on any atom is 0.124 e. The van der Waals surface area contributed by atoms with Crippen molar-refractivity contribution in [1.29, 1.82) is 0 Å². The molecule has 1 N–H and O–H groups in total. The third kappa shape index (κ3) is 3.25. The van der Waals surface area contributed by atoms with E-state index in [1.807, 2.05) is 49.4 Å². The van der Waals surface area contributed by atoms with Gasteiger partial charge in [0.1, 0.15) is 12.4 Å². The second-order valence-electron chi connectivity index (χ2n) is 4.17. The zero-order valence-electron chi connectivity index (χ0n) is 10.2. The quantitative estimate of drug-likeness (QED) is 0.910. The van der Waals surface area contributed by atoms with Crippen molar-refractivity contribution in [1.82, 2.24) is 0 Å². The molecule has 0 saturated heterocycles. The summed E-state index contributed by atoms with van der Waals surface area (Å²) in [5.74, 6) is 0.800. The highest BCUT2D eigenvalue weighted by atomic mass is 35.5. The van der Waals surface area contributed by atoms with Gasteiger partial charge < -0.3 is 9.84 Å². The van der Waals surface area contributed by atoms with Crippen LogP contribution in [0.2, 0.25) is 5.02 Å². The summed E-state index contributed by atoms with van der Waals surface area (Å²) in [5, 5.41) is 9.63. The topological polar surface area (TPSA) is 29.5 Å². The van der Waals surface area contributed by atoms with E-state index in [4.69, 9.17) is 21.4 Å². The molecule has 0 bridgehead atoms. The molecule has 0 heterocycles. The summed E-state index contributed by atoms with van der Waals surface area (Å²) in [5.41, 5.74) is 3.02. The lowest BCUT2D eigenvalue weighted by atomic mass is 10.1. The predicted molar refractivity (Wildman–Crippen MR) is 72.9 cm³/mol. The molecule has 2 nitrogen and oxygen atoms in total. The number of rotatable bonds is 4. The van der Waals surface area contributed by atoms with Crippen LogP contribution in [0.4, 0.5) is 0 Å².